The Balaban J connectivity index is 2.05. The van der Waals surface area contributed by atoms with Gasteiger partial charge in [-0.2, -0.15) is 23.4 Å². The number of rotatable bonds is 4. The molecule has 0 N–H and O–H groups in total. The van der Waals surface area contributed by atoms with Crippen molar-refractivity contribution >= 4 is 12.4 Å². The van der Waals surface area contributed by atoms with Crippen LogP contribution in [-0.4, -0.2) is 12.4 Å². The van der Waals surface area contributed by atoms with Crippen LogP contribution in [0.25, 0.3) is 0 Å². The van der Waals surface area contributed by atoms with Gasteiger partial charge in [-0.15, -0.1) is 0 Å². The van der Waals surface area contributed by atoms with Crippen molar-refractivity contribution in [1.82, 2.24) is 0 Å². The zero-order valence-electron chi connectivity index (χ0n) is 12.3. The average molecular weight is 322 g/mol. The maximum atomic E-state index is 13.4. The summed E-state index contributed by atoms with van der Waals surface area (Å²) in [6, 6.07) is 10.3. The van der Waals surface area contributed by atoms with E-state index in [4.69, 9.17) is 0 Å². The molecule has 120 valence electrons. The van der Waals surface area contributed by atoms with Crippen molar-refractivity contribution in [3.05, 3.63) is 70.5 Å². The molecule has 23 heavy (non-hydrogen) atoms. The maximum absolute atomic E-state index is 13.4. The molecule has 2 aromatic carbocycles. The molecule has 0 saturated heterocycles. The van der Waals surface area contributed by atoms with E-state index in [0.717, 1.165) is 24.1 Å². The highest BCUT2D eigenvalue weighted by molar-refractivity contribution is 5.82. The SMILES string of the molecule is CCc1ccc(C=NN=Cc2ccc(C(F)(F)F)c(F)c2)cc1. The van der Waals surface area contributed by atoms with E-state index in [1.165, 1.54) is 18.0 Å². The lowest BCUT2D eigenvalue weighted by Gasteiger charge is -2.07. The molecular weight excluding hydrogens is 308 g/mol. The Morgan fingerprint density at radius 1 is 0.913 bits per heavy atom. The molecule has 0 aromatic heterocycles. The topological polar surface area (TPSA) is 24.7 Å². The van der Waals surface area contributed by atoms with E-state index in [1.54, 1.807) is 0 Å². The van der Waals surface area contributed by atoms with Crippen molar-refractivity contribution in [3.8, 4) is 0 Å². The maximum Gasteiger partial charge on any atom is 0.419 e. The molecule has 0 aliphatic carbocycles. The van der Waals surface area contributed by atoms with E-state index in [9.17, 15) is 17.6 Å². The molecular formula is C17H14F4N2. The van der Waals surface area contributed by atoms with Crippen LogP contribution in [0, 0.1) is 5.82 Å². The Kier molecular flexibility index (Phi) is 5.26. The van der Waals surface area contributed by atoms with Crippen LogP contribution in [0.5, 0.6) is 0 Å². The van der Waals surface area contributed by atoms with E-state index in [-0.39, 0.29) is 5.56 Å². The van der Waals surface area contributed by atoms with Crippen LogP contribution >= 0.6 is 0 Å². The second kappa shape index (κ2) is 7.17. The van der Waals surface area contributed by atoms with Crippen LogP contribution in [0.3, 0.4) is 0 Å². The van der Waals surface area contributed by atoms with Gasteiger partial charge < -0.3 is 0 Å². The summed E-state index contributed by atoms with van der Waals surface area (Å²) >= 11 is 0. The lowest BCUT2D eigenvalue weighted by atomic mass is 10.1. The summed E-state index contributed by atoms with van der Waals surface area (Å²) in [6.07, 6.45) is -1.06. The summed E-state index contributed by atoms with van der Waals surface area (Å²) in [5, 5.41) is 7.50. The van der Waals surface area contributed by atoms with Gasteiger partial charge in [0.15, 0.2) is 0 Å². The summed E-state index contributed by atoms with van der Waals surface area (Å²) in [5.41, 5.74) is 0.951. The number of halogens is 4. The summed E-state index contributed by atoms with van der Waals surface area (Å²) < 4.78 is 50.7. The van der Waals surface area contributed by atoms with Crippen LogP contribution in [0.2, 0.25) is 0 Å². The van der Waals surface area contributed by atoms with Gasteiger partial charge in [0.05, 0.1) is 18.0 Å². The lowest BCUT2D eigenvalue weighted by Crippen LogP contribution is -2.08. The van der Waals surface area contributed by atoms with Crippen LogP contribution in [0.1, 0.15) is 29.2 Å². The van der Waals surface area contributed by atoms with Gasteiger partial charge in [0.1, 0.15) is 5.82 Å². The second-order valence-corrected chi connectivity index (χ2v) is 4.82. The number of benzene rings is 2. The molecule has 0 radical (unpaired) electrons. The Morgan fingerprint density at radius 2 is 1.48 bits per heavy atom. The number of aryl methyl sites for hydroxylation is 1. The van der Waals surface area contributed by atoms with Gasteiger partial charge in [0.25, 0.3) is 0 Å². The van der Waals surface area contributed by atoms with Gasteiger partial charge in [0.2, 0.25) is 0 Å². The van der Waals surface area contributed by atoms with E-state index in [1.807, 2.05) is 24.3 Å². The predicted molar refractivity (Wildman–Crippen MR) is 82.4 cm³/mol. The van der Waals surface area contributed by atoms with Crippen LogP contribution in [-0.2, 0) is 12.6 Å². The third-order valence-corrected chi connectivity index (χ3v) is 3.17. The third-order valence-electron chi connectivity index (χ3n) is 3.17. The van der Waals surface area contributed by atoms with Gasteiger partial charge in [-0.1, -0.05) is 37.3 Å². The molecule has 0 aliphatic rings. The Labute approximate surface area is 131 Å². The third kappa shape index (κ3) is 4.74. The fourth-order valence-corrected chi connectivity index (χ4v) is 1.88. The predicted octanol–water partition coefficient (Wildman–Crippen LogP) is 4.86. The Morgan fingerprint density at radius 3 is 2.00 bits per heavy atom. The smallest absolute Gasteiger partial charge is 0.206 e. The number of hydrogen-bond acceptors (Lipinski definition) is 2. The Bertz CT molecular complexity index is 716. The van der Waals surface area contributed by atoms with Gasteiger partial charge in [-0.25, -0.2) is 4.39 Å². The first-order valence-electron chi connectivity index (χ1n) is 6.92. The summed E-state index contributed by atoms with van der Waals surface area (Å²) in [6.45, 7) is 2.05. The lowest BCUT2D eigenvalue weighted by molar-refractivity contribution is -0.140. The van der Waals surface area contributed by atoms with Gasteiger partial charge in [0, 0.05) is 0 Å². The normalized spacial score (nSPS) is 12.4. The summed E-state index contributed by atoms with van der Waals surface area (Å²) in [7, 11) is 0. The standard InChI is InChI=1S/C17H14F4N2/c1-2-12-3-5-13(6-4-12)10-22-23-11-14-7-8-15(16(18)9-14)17(19,20)21/h3-11H,2H2,1H3. The average Bonchev–Trinajstić information content (AvgIpc) is 2.51. The summed E-state index contributed by atoms with van der Waals surface area (Å²) in [5.74, 6) is -1.33. The fraction of sp³-hybridized carbons (Fsp3) is 0.176. The molecule has 0 spiro atoms. The molecule has 0 heterocycles. The summed E-state index contributed by atoms with van der Waals surface area (Å²) in [4.78, 5) is 0. The van der Waals surface area contributed by atoms with Crippen molar-refractivity contribution in [1.29, 1.82) is 0 Å². The van der Waals surface area contributed by atoms with Crippen molar-refractivity contribution in [2.24, 2.45) is 10.2 Å². The van der Waals surface area contributed by atoms with Crippen LogP contribution in [0.4, 0.5) is 17.6 Å². The van der Waals surface area contributed by atoms with Gasteiger partial charge in [-0.05, 0) is 35.2 Å². The molecule has 2 nitrogen and oxygen atoms in total. The Hall–Kier alpha value is -2.50. The van der Waals surface area contributed by atoms with Crippen LogP contribution in [0.15, 0.2) is 52.7 Å². The highest BCUT2D eigenvalue weighted by Crippen LogP contribution is 2.31. The van der Waals surface area contributed by atoms with E-state index < -0.39 is 17.6 Å². The molecule has 0 amide bonds. The molecule has 0 aliphatic heterocycles. The molecule has 2 aromatic rings. The van der Waals surface area contributed by atoms with E-state index in [2.05, 4.69) is 17.1 Å². The monoisotopic (exact) mass is 322 g/mol. The number of alkyl halides is 3. The largest absolute Gasteiger partial charge is 0.419 e. The minimum absolute atomic E-state index is 0.203. The van der Waals surface area contributed by atoms with E-state index in [0.29, 0.717) is 6.07 Å². The molecule has 0 bridgehead atoms. The zero-order chi connectivity index (χ0) is 16.9. The first-order valence-corrected chi connectivity index (χ1v) is 6.92. The highest BCUT2D eigenvalue weighted by atomic mass is 19.4. The minimum Gasteiger partial charge on any atom is -0.206 e. The second-order valence-electron chi connectivity index (χ2n) is 4.82. The zero-order valence-corrected chi connectivity index (χ0v) is 12.3. The van der Waals surface area contributed by atoms with Crippen molar-refractivity contribution < 1.29 is 17.6 Å². The van der Waals surface area contributed by atoms with Crippen molar-refractivity contribution in [2.75, 3.05) is 0 Å². The van der Waals surface area contributed by atoms with Gasteiger partial charge >= 0.3 is 6.18 Å². The van der Waals surface area contributed by atoms with Crippen molar-refractivity contribution in [2.45, 2.75) is 19.5 Å². The molecule has 0 saturated carbocycles. The quantitative estimate of drug-likeness (QED) is 0.436. The van der Waals surface area contributed by atoms with E-state index >= 15 is 0 Å². The van der Waals surface area contributed by atoms with Crippen LogP contribution < -0.4 is 0 Å². The minimum atomic E-state index is -4.71. The number of nitrogens with zero attached hydrogens (tertiary/aromatic N) is 2. The first kappa shape index (κ1) is 16.9. The number of hydrogen-bond donors (Lipinski definition) is 0. The first-order chi connectivity index (χ1) is 10.9. The molecule has 0 fully saturated rings. The molecule has 2 rings (SSSR count). The molecule has 0 atom stereocenters. The highest BCUT2D eigenvalue weighted by Gasteiger charge is 2.33. The molecule has 6 heteroatoms. The fourth-order valence-electron chi connectivity index (χ4n) is 1.88. The van der Waals surface area contributed by atoms with Crippen molar-refractivity contribution in [3.63, 3.8) is 0 Å². The molecule has 0 unspecified atom stereocenters. The van der Waals surface area contributed by atoms with Gasteiger partial charge in [-0.3, -0.25) is 0 Å².